The predicted octanol–water partition coefficient (Wildman–Crippen LogP) is 2.37. The lowest BCUT2D eigenvalue weighted by atomic mass is 9.95. The third-order valence-corrected chi connectivity index (χ3v) is 4.18. The average Bonchev–Trinajstić information content (AvgIpc) is 2.46. The van der Waals surface area contributed by atoms with Crippen LogP contribution in [0, 0.1) is 0 Å². The van der Waals surface area contributed by atoms with Gasteiger partial charge >= 0.3 is 0 Å². The molecule has 0 spiro atoms. The van der Waals surface area contributed by atoms with Gasteiger partial charge in [-0.1, -0.05) is 6.07 Å². The number of anilines is 1. The fourth-order valence-corrected chi connectivity index (χ4v) is 2.58. The van der Waals surface area contributed by atoms with E-state index in [4.69, 9.17) is 4.74 Å². The smallest absolute Gasteiger partial charge is 0.128 e. The summed E-state index contributed by atoms with van der Waals surface area (Å²) in [5, 5.41) is 3.23. The molecule has 0 amide bonds. The minimum absolute atomic E-state index is 0.0448. The second-order valence-corrected chi connectivity index (χ2v) is 5.64. The topological polar surface area (TPSA) is 37.4 Å². The fourth-order valence-electron chi connectivity index (χ4n) is 2.58. The van der Waals surface area contributed by atoms with Crippen molar-refractivity contribution in [1.29, 1.82) is 0 Å². The molecule has 0 aliphatic carbocycles. The summed E-state index contributed by atoms with van der Waals surface area (Å²) in [6.45, 7) is 6.29. The molecule has 1 aromatic heterocycles. The lowest BCUT2D eigenvalue weighted by Gasteiger charge is -2.40. The third kappa shape index (κ3) is 3.25. The number of ether oxygens (including phenoxy) is 1. The van der Waals surface area contributed by atoms with Crippen LogP contribution in [0.1, 0.15) is 38.3 Å². The molecule has 0 aromatic carbocycles. The number of rotatable bonds is 4. The quantitative estimate of drug-likeness (QED) is 0.905. The summed E-state index contributed by atoms with van der Waals surface area (Å²) in [5.74, 6) is 1.05. The summed E-state index contributed by atoms with van der Waals surface area (Å²) in [5.41, 5.74) is 1.18. The zero-order valence-electron chi connectivity index (χ0n) is 12.4. The standard InChI is InChI=1S/C15H25N3O/c1-12(16-3)13-6-7-14(17-10-13)18-9-5-8-15(2,11-18)19-4/h6-7,10,12,16H,5,8-9,11H2,1-4H3. The van der Waals surface area contributed by atoms with Gasteiger partial charge in [-0.05, 0) is 45.4 Å². The normalized spacial score (nSPS) is 25.4. The molecular weight excluding hydrogens is 238 g/mol. The van der Waals surface area contributed by atoms with Crippen molar-refractivity contribution in [3.8, 4) is 0 Å². The Kier molecular flexibility index (Phi) is 4.42. The Morgan fingerprint density at radius 2 is 2.26 bits per heavy atom. The summed E-state index contributed by atoms with van der Waals surface area (Å²) >= 11 is 0. The van der Waals surface area contributed by atoms with Crippen molar-refractivity contribution < 1.29 is 4.74 Å². The van der Waals surface area contributed by atoms with E-state index in [1.807, 2.05) is 13.2 Å². The maximum Gasteiger partial charge on any atom is 0.128 e. The number of nitrogens with zero attached hydrogens (tertiary/aromatic N) is 2. The number of nitrogens with one attached hydrogen (secondary N) is 1. The van der Waals surface area contributed by atoms with Crippen molar-refractivity contribution >= 4 is 5.82 Å². The SMILES string of the molecule is CNC(C)c1ccc(N2CCCC(C)(OC)C2)nc1. The van der Waals surface area contributed by atoms with Crippen LogP contribution in [-0.2, 0) is 4.74 Å². The van der Waals surface area contributed by atoms with Crippen LogP contribution in [-0.4, -0.2) is 37.8 Å². The van der Waals surface area contributed by atoms with E-state index in [0.29, 0.717) is 6.04 Å². The van der Waals surface area contributed by atoms with Crippen molar-refractivity contribution in [3.63, 3.8) is 0 Å². The Hall–Kier alpha value is -1.13. The lowest BCUT2D eigenvalue weighted by Crippen LogP contribution is -2.47. The average molecular weight is 263 g/mol. The molecule has 19 heavy (non-hydrogen) atoms. The molecule has 0 bridgehead atoms. The molecule has 1 N–H and O–H groups in total. The van der Waals surface area contributed by atoms with Gasteiger partial charge in [-0.3, -0.25) is 0 Å². The van der Waals surface area contributed by atoms with Crippen molar-refractivity contribution in [2.45, 2.75) is 38.3 Å². The summed E-state index contributed by atoms with van der Waals surface area (Å²) < 4.78 is 5.63. The molecule has 1 fully saturated rings. The van der Waals surface area contributed by atoms with Crippen LogP contribution in [0.4, 0.5) is 5.82 Å². The highest BCUT2D eigenvalue weighted by Crippen LogP contribution is 2.27. The number of pyridine rings is 1. The molecule has 2 unspecified atom stereocenters. The molecule has 1 aliphatic heterocycles. The zero-order chi connectivity index (χ0) is 13.9. The van der Waals surface area contributed by atoms with Gasteiger partial charge in [-0.25, -0.2) is 4.98 Å². The monoisotopic (exact) mass is 263 g/mol. The summed E-state index contributed by atoms with van der Waals surface area (Å²) in [6, 6.07) is 4.61. The van der Waals surface area contributed by atoms with Crippen molar-refractivity contribution in [2.24, 2.45) is 0 Å². The molecule has 2 atom stereocenters. The second kappa shape index (κ2) is 5.88. The van der Waals surface area contributed by atoms with E-state index in [9.17, 15) is 0 Å². The largest absolute Gasteiger partial charge is 0.377 e. The fraction of sp³-hybridized carbons (Fsp3) is 0.667. The zero-order valence-corrected chi connectivity index (χ0v) is 12.4. The van der Waals surface area contributed by atoms with Gasteiger partial charge in [-0.2, -0.15) is 0 Å². The van der Waals surface area contributed by atoms with Gasteiger partial charge in [0.15, 0.2) is 0 Å². The van der Waals surface area contributed by atoms with Gasteiger partial charge in [0.1, 0.15) is 5.82 Å². The van der Waals surface area contributed by atoms with Gasteiger partial charge in [-0.15, -0.1) is 0 Å². The highest BCUT2D eigenvalue weighted by atomic mass is 16.5. The number of piperidine rings is 1. The van der Waals surface area contributed by atoms with Crippen molar-refractivity contribution in [2.75, 3.05) is 32.1 Å². The van der Waals surface area contributed by atoms with Crippen LogP contribution in [0.3, 0.4) is 0 Å². The summed E-state index contributed by atoms with van der Waals surface area (Å²) in [4.78, 5) is 6.92. The molecule has 1 saturated heterocycles. The summed E-state index contributed by atoms with van der Waals surface area (Å²) in [7, 11) is 3.77. The Bertz CT molecular complexity index is 406. The first-order valence-electron chi connectivity index (χ1n) is 7.01. The number of hydrogen-bond donors (Lipinski definition) is 1. The minimum atomic E-state index is -0.0448. The molecule has 2 rings (SSSR count). The molecule has 106 valence electrons. The van der Waals surface area contributed by atoms with Crippen LogP contribution in [0.25, 0.3) is 0 Å². The van der Waals surface area contributed by atoms with E-state index in [2.05, 4.69) is 41.2 Å². The van der Waals surface area contributed by atoms with Crippen LogP contribution >= 0.6 is 0 Å². The Morgan fingerprint density at radius 1 is 1.47 bits per heavy atom. The van der Waals surface area contributed by atoms with Gasteiger partial charge in [0.05, 0.1) is 5.60 Å². The Labute approximate surface area is 116 Å². The van der Waals surface area contributed by atoms with Crippen LogP contribution in [0.15, 0.2) is 18.3 Å². The van der Waals surface area contributed by atoms with Crippen molar-refractivity contribution in [3.05, 3.63) is 23.9 Å². The Balaban J connectivity index is 2.09. The first-order valence-corrected chi connectivity index (χ1v) is 7.01. The summed E-state index contributed by atoms with van der Waals surface area (Å²) in [6.07, 6.45) is 4.24. The van der Waals surface area contributed by atoms with Gasteiger partial charge in [0, 0.05) is 32.4 Å². The molecule has 4 heteroatoms. The molecule has 4 nitrogen and oxygen atoms in total. The van der Waals surface area contributed by atoms with E-state index in [-0.39, 0.29) is 5.60 Å². The molecule has 1 aromatic rings. The number of hydrogen-bond acceptors (Lipinski definition) is 4. The maximum absolute atomic E-state index is 5.63. The van der Waals surface area contributed by atoms with E-state index >= 15 is 0 Å². The van der Waals surface area contributed by atoms with Crippen LogP contribution in [0.2, 0.25) is 0 Å². The predicted molar refractivity (Wildman–Crippen MR) is 78.6 cm³/mol. The molecule has 0 saturated carbocycles. The third-order valence-electron chi connectivity index (χ3n) is 4.18. The molecule has 1 aliphatic rings. The van der Waals surface area contributed by atoms with Crippen LogP contribution < -0.4 is 10.2 Å². The second-order valence-electron chi connectivity index (χ2n) is 5.64. The minimum Gasteiger partial charge on any atom is -0.377 e. The van der Waals surface area contributed by atoms with E-state index in [0.717, 1.165) is 31.7 Å². The van der Waals surface area contributed by atoms with Gasteiger partial charge < -0.3 is 15.0 Å². The van der Waals surface area contributed by atoms with Gasteiger partial charge in [0.2, 0.25) is 0 Å². The Morgan fingerprint density at radius 3 is 2.84 bits per heavy atom. The highest BCUT2D eigenvalue weighted by Gasteiger charge is 2.31. The first-order chi connectivity index (χ1) is 9.08. The number of methoxy groups -OCH3 is 1. The van der Waals surface area contributed by atoms with Crippen LogP contribution in [0.5, 0.6) is 0 Å². The lowest BCUT2D eigenvalue weighted by molar-refractivity contribution is -0.00481. The van der Waals surface area contributed by atoms with Gasteiger partial charge in [0.25, 0.3) is 0 Å². The van der Waals surface area contributed by atoms with E-state index in [1.165, 1.54) is 5.56 Å². The maximum atomic E-state index is 5.63. The molecule has 2 heterocycles. The van der Waals surface area contributed by atoms with E-state index in [1.54, 1.807) is 7.11 Å². The number of aromatic nitrogens is 1. The molecule has 0 radical (unpaired) electrons. The van der Waals surface area contributed by atoms with Crippen molar-refractivity contribution in [1.82, 2.24) is 10.3 Å². The molecular formula is C15H25N3O. The highest BCUT2D eigenvalue weighted by molar-refractivity contribution is 5.41. The van der Waals surface area contributed by atoms with E-state index < -0.39 is 0 Å². The first kappa shape index (κ1) is 14.3.